The SMILES string of the molecule is CC1CCC(CN)(C(=O)NCCCC(=O)O)CC1. The van der Waals surface area contributed by atoms with E-state index in [9.17, 15) is 9.59 Å². The van der Waals surface area contributed by atoms with Crippen molar-refractivity contribution in [1.82, 2.24) is 5.32 Å². The first-order valence-corrected chi connectivity index (χ1v) is 6.70. The third-order valence-electron chi connectivity index (χ3n) is 3.96. The summed E-state index contributed by atoms with van der Waals surface area (Å²) in [5, 5.41) is 11.4. The summed E-state index contributed by atoms with van der Waals surface area (Å²) in [7, 11) is 0. The van der Waals surface area contributed by atoms with Gasteiger partial charge in [-0.1, -0.05) is 6.92 Å². The zero-order valence-corrected chi connectivity index (χ0v) is 11.1. The van der Waals surface area contributed by atoms with Gasteiger partial charge in [0.05, 0.1) is 5.41 Å². The minimum absolute atomic E-state index is 0.00212. The van der Waals surface area contributed by atoms with Gasteiger partial charge in [0.25, 0.3) is 0 Å². The molecule has 0 aromatic heterocycles. The van der Waals surface area contributed by atoms with Crippen LogP contribution in [-0.4, -0.2) is 30.1 Å². The second-order valence-corrected chi connectivity index (χ2v) is 5.42. The fraction of sp³-hybridized carbons (Fsp3) is 0.846. The summed E-state index contributed by atoms with van der Waals surface area (Å²) in [5.41, 5.74) is 5.36. The third kappa shape index (κ3) is 3.98. The number of nitrogens with two attached hydrogens (primary N) is 1. The van der Waals surface area contributed by atoms with Gasteiger partial charge in [0, 0.05) is 19.5 Å². The van der Waals surface area contributed by atoms with Crippen molar-refractivity contribution in [2.24, 2.45) is 17.1 Å². The van der Waals surface area contributed by atoms with E-state index in [4.69, 9.17) is 10.8 Å². The highest BCUT2D eigenvalue weighted by molar-refractivity contribution is 5.83. The van der Waals surface area contributed by atoms with E-state index in [0.29, 0.717) is 25.4 Å². The predicted octanol–water partition coefficient (Wildman–Crippen LogP) is 1.12. The van der Waals surface area contributed by atoms with Gasteiger partial charge in [0.15, 0.2) is 0 Å². The van der Waals surface area contributed by atoms with Gasteiger partial charge in [-0.25, -0.2) is 0 Å². The molecule has 0 bridgehead atoms. The van der Waals surface area contributed by atoms with Crippen LogP contribution in [0.15, 0.2) is 0 Å². The molecule has 0 unspecified atom stereocenters. The molecular formula is C13H24N2O3. The lowest BCUT2D eigenvalue weighted by Crippen LogP contribution is -2.48. The average molecular weight is 256 g/mol. The molecule has 0 atom stereocenters. The Balaban J connectivity index is 2.40. The first-order valence-electron chi connectivity index (χ1n) is 6.70. The zero-order valence-electron chi connectivity index (χ0n) is 11.1. The molecule has 1 aliphatic rings. The smallest absolute Gasteiger partial charge is 0.303 e. The normalized spacial score (nSPS) is 27.8. The Hall–Kier alpha value is -1.10. The molecule has 18 heavy (non-hydrogen) atoms. The Bertz CT molecular complexity index is 297. The molecule has 0 aliphatic heterocycles. The molecule has 0 radical (unpaired) electrons. The lowest BCUT2D eigenvalue weighted by molar-refractivity contribution is -0.137. The minimum Gasteiger partial charge on any atom is -0.481 e. The lowest BCUT2D eigenvalue weighted by atomic mass is 9.70. The van der Waals surface area contributed by atoms with Gasteiger partial charge < -0.3 is 16.2 Å². The van der Waals surface area contributed by atoms with Crippen molar-refractivity contribution in [3.05, 3.63) is 0 Å². The van der Waals surface area contributed by atoms with Crippen LogP contribution in [0.2, 0.25) is 0 Å². The Labute approximate surface area is 108 Å². The lowest BCUT2D eigenvalue weighted by Gasteiger charge is -2.37. The Morgan fingerprint density at radius 2 is 2.00 bits per heavy atom. The van der Waals surface area contributed by atoms with Crippen molar-refractivity contribution >= 4 is 11.9 Å². The van der Waals surface area contributed by atoms with Crippen LogP contribution in [0.5, 0.6) is 0 Å². The van der Waals surface area contributed by atoms with Gasteiger partial charge in [0.2, 0.25) is 5.91 Å². The van der Waals surface area contributed by atoms with E-state index in [1.807, 2.05) is 0 Å². The number of nitrogens with one attached hydrogen (secondary N) is 1. The number of aliphatic carboxylic acids is 1. The highest BCUT2D eigenvalue weighted by atomic mass is 16.4. The second-order valence-electron chi connectivity index (χ2n) is 5.42. The first-order chi connectivity index (χ1) is 8.50. The zero-order chi connectivity index (χ0) is 13.6. The van der Waals surface area contributed by atoms with Crippen LogP contribution in [0, 0.1) is 11.3 Å². The van der Waals surface area contributed by atoms with Gasteiger partial charge in [-0.05, 0) is 38.0 Å². The highest BCUT2D eigenvalue weighted by Gasteiger charge is 2.39. The Kier molecular flexibility index (Phi) is 5.59. The fourth-order valence-electron chi connectivity index (χ4n) is 2.47. The second kappa shape index (κ2) is 6.73. The van der Waals surface area contributed by atoms with Crippen molar-refractivity contribution in [1.29, 1.82) is 0 Å². The van der Waals surface area contributed by atoms with Gasteiger partial charge in [-0.3, -0.25) is 9.59 Å². The van der Waals surface area contributed by atoms with Gasteiger partial charge in [-0.2, -0.15) is 0 Å². The molecule has 1 fully saturated rings. The largest absolute Gasteiger partial charge is 0.481 e. The summed E-state index contributed by atoms with van der Waals surface area (Å²) >= 11 is 0. The molecule has 5 heteroatoms. The number of rotatable bonds is 6. The maximum atomic E-state index is 12.2. The first kappa shape index (κ1) is 15.0. The monoisotopic (exact) mass is 256 g/mol. The van der Waals surface area contributed by atoms with Crippen molar-refractivity contribution in [3.63, 3.8) is 0 Å². The summed E-state index contributed by atoms with van der Waals surface area (Å²) in [6.07, 6.45) is 4.33. The molecule has 0 spiro atoms. The number of carbonyl (C=O) groups is 2. The van der Waals surface area contributed by atoms with Crippen molar-refractivity contribution in [3.8, 4) is 0 Å². The molecule has 0 aromatic carbocycles. The molecule has 1 amide bonds. The van der Waals surface area contributed by atoms with Crippen LogP contribution in [0.4, 0.5) is 0 Å². The number of hydrogen-bond acceptors (Lipinski definition) is 3. The van der Waals surface area contributed by atoms with E-state index < -0.39 is 11.4 Å². The van der Waals surface area contributed by atoms with Crippen LogP contribution in [0.3, 0.4) is 0 Å². The van der Waals surface area contributed by atoms with Crippen molar-refractivity contribution in [2.45, 2.75) is 45.4 Å². The van der Waals surface area contributed by atoms with Crippen LogP contribution in [0.1, 0.15) is 45.4 Å². The van der Waals surface area contributed by atoms with E-state index in [1.165, 1.54) is 0 Å². The van der Waals surface area contributed by atoms with E-state index in [2.05, 4.69) is 12.2 Å². The minimum atomic E-state index is -0.829. The number of carbonyl (C=O) groups excluding carboxylic acids is 1. The van der Waals surface area contributed by atoms with E-state index in [0.717, 1.165) is 25.7 Å². The molecule has 1 saturated carbocycles. The molecule has 0 saturated heterocycles. The molecule has 0 aromatic rings. The van der Waals surface area contributed by atoms with Crippen LogP contribution < -0.4 is 11.1 Å². The highest BCUT2D eigenvalue weighted by Crippen LogP contribution is 2.38. The molecule has 4 N–H and O–H groups in total. The van der Waals surface area contributed by atoms with Crippen LogP contribution >= 0.6 is 0 Å². The van der Waals surface area contributed by atoms with Crippen molar-refractivity contribution in [2.75, 3.05) is 13.1 Å². The van der Waals surface area contributed by atoms with Gasteiger partial charge in [-0.15, -0.1) is 0 Å². The van der Waals surface area contributed by atoms with Gasteiger partial charge in [0.1, 0.15) is 0 Å². The quantitative estimate of drug-likeness (QED) is 0.621. The number of carboxylic acid groups (broad SMARTS) is 1. The standard InChI is InChI=1S/C13H24N2O3/c1-10-4-6-13(9-14,7-5-10)12(18)15-8-2-3-11(16)17/h10H,2-9,14H2,1H3,(H,15,18)(H,16,17). The molecule has 104 valence electrons. The summed E-state index contributed by atoms with van der Waals surface area (Å²) in [6, 6.07) is 0. The Morgan fingerprint density at radius 3 is 2.50 bits per heavy atom. The maximum absolute atomic E-state index is 12.2. The van der Waals surface area contributed by atoms with E-state index in [-0.39, 0.29) is 12.3 Å². The molecule has 1 aliphatic carbocycles. The molecule has 1 rings (SSSR count). The van der Waals surface area contributed by atoms with Crippen LogP contribution in [-0.2, 0) is 9.59 Å². The third-order valence-corrected chi connectivity index (χ3v) is 3.96. The van der Waals surface area contributed by atoms with Crippen molar-refractivity contribution < 1.29 is 14.7 Å². The fourth-order valence-corrected chi connectivity index (χ4v) is 2.47. The summed E-state index contributed by atoms with van der Waals surface area (Å²) in [5.74, 6) is -0.156. The van der Waals surface area contributed by atoms with Crippen LogP contribution in [0.25, 0.3) is 0 Å². The van der Waals surface area contributed by atoms with E-state index in [1.54, 1.807) is 0 Å². The number of hydrogen-bond donors (Lipinski definition) is 3. The summed E-state index contributed by atoms with van der Waals surface area (Å²) in [6.45, 7) is 3.00. The topological polar surface area (TPSA) is 92.4 Å². The average Bonchev–Trinajstić information content (AvgIpc) is 2.35. The molecule has 0 heterocycles. The maximum Gasteiger partial charge on any atom is 0.303 e. The molecule has 5 nitrogen and oxygen atoms in total. The molecular weight excluding hydrogens is 232 g/mol. The van der Waals surface area contributed by atoms with Gasteiger partial charge >= 0.3 is 5.97 Å². The predicted molar refractivity (Wildman–Crippen MR) is 69.0 cm³/mol. The number of amides is 1. The van der Waals surface area contributed by atoms with E-state index >= 15 is 0 Å². The Morgan fingerprint density at radius 1 is 1.39 bits per heavy atom. The summed E-state index contributed by atoms with van der Waals surface area (Å²) in [4.78, 5) is 22.5. The summed E-state index contributed by atoms with van der Waals surface area (Å²) < 4.78 is 0. The number of carboxylic acids is 1.